The SMILES string of the molecule is CCOC(=O)C1=C(C)N=c2s/c(=C/c3ccc(OCc4ccc(Cl)cc4)cc3)c(=O)n2C1c1ccc(OC)cc1. The van der Waals surface area contributed by atoms with Gasteiger partial charge < -0.3 is 14.2 Å². The van der Waals surface area contributed by atoms with Crippen LogP contribution < -0.4 is 24.4 Å². The number of allylic oxidation sites excluding steroid dienone is 1. The maximum atomic E-state index is 13.8. The Balaban J connectivity index is 1.49. The maximum Gasteiger partial charge on any atom is 0.338 e. The number of benzene rings is 3. The lowest BCUT2D eigenvalue weighted by Gasteiger charge is -2.24. The number of ether oxygens (including phenoxy) is 3. The molecule has 3 aromatic carbocycles. The Labute approximate surface area is 240 Å². The molecule has 4 aromatic rings. The first-order valence-electron chi connectivity index (χ1n) is 12.7. The fourth-order valence-corrected chi connectivity index (χ4v) is 5.62. The van der Waals surface area contributed by atoms with Crippen LogP contribution in [0.2, 0.25) is 5.02 Å². The lowest BCUT2D eigenvalue weighted by molar-refractivity contribution is -0.139. The van der Waals surface area contributed by atoms with Crippen molar-refractivity contribution in [3.63, 3.8) is 0 Å². The van der Waals surface area contributed by atoms with Crippen molar-refractivity contribution >= 4 is 35.0 Å². The molecule has 0 spiro atoms. The number of hydrogen-bond donors (Lipinski definition) is 0. The number of carbonyl (C=O) groups excluding carboxylic acids is 1. The van der Waals surface area contributed by atoms with Crippen LogP contribution in [0.1, 0.15) is 36.6 Å². The molecule has 0 aliphatic carbocycles. The van der Waals surface area contributed by atoms with Crippen molar-refractivity contribution < 1.29 is 19.0 Å². The van der Waals surface area contributed by atoms with E-state index in [1.807, 2.05) is 66.7 Å². The summed E-state index contributed by atoms with van der Waals surface area (Å²) in [5, 5.41) is 0.681. The Morgan fingerprint density at radius 2 is 1.70 bits per heavy atom. The van der Waals surface area contributed by atoms with Gasteiger partial charge in [-0.15, -0.1) is 0 Å². The van der Waals surface area contributed by atoms with Crippen molar-refractivity contribution in [2.24, 2.45) is 4.99 Å². The van der Waals surface area contributed by atoms with Crippen LogP contribution in [0.25, 0.3) is 6.08 Å². The van der Waals surface area contributed by atoms with Crippen molar-refractivity contribution in [2.75, 3.05) is 13.7 Å². The molecule has 1 aromatic heterocycles. The molecule has 0 fully saturated rings. The number of hydrogen-bond acceptors (Lipinski definition) is 7. The number of fused-ring (bicyclic) bond motifs is 1. The molecule has 1 aliphatic rings. The first-order valence-corrected chi connectivity index (χ1v) is 13.9. The van der Waals surface area contributed by atoms with E-state index in [2.05, 4.69) is 4.99 Å². The molecule has 0 radical (unpaired) electrons. The maximum absolute atomic E-state index is 13.8. The van der Waals surface area contributed by atoms with Crippen LogP contribution >= 0.6 is 22.9 Å². The molecule has 204 valence electrons. The van der Waals surface area contributed by atoms with Gasteiger partial charge in [0.2, 0.25) is 0 Å². The minimum absolute atomic E-state index is 0.217. The van der Waals surface area contributed by atoms with E-state index < -0.39 is 12.0 Å². The second-order valence-corrected chi connectivity index (χ2v) is 10.5. The van der Waals surface area contributed by atoms with Gasteiger partial charge >= 0.3 is 5.97 Å². The summed E-state index contributed by atoms with van der Waals surface area (Å²) in [7, 11) is 1.59. The molecule has 5 rings (SSSR count). The van der Waals surface area contributed by atoms with E-state index in [0.717, 1.165) is 16.7 Å². The zero-order chi connectivity index (χ0) is 28.2. The molecule has 40 heavy (non-hydrogen) atoms. The minimum Gasteiger partial charge on any atom is -0.497 e. The summed E-state index contributed by atoms with van der Waals surface area (Å²) < 4.78 is 18.6. The molecule has 9 heteroatoms. The summed E-state index contributed by atoms with van der Waals surface area (Å²) in [4.78, 5) is 31.9. The Kier molecular flexibility index (Phi) is 8.19. The molecular formula is C31H27ClN2O5S. The highest BCUT2D eigenvalue weighted by Gasteiger charge is 2.33. The molecule has 0 saturated heterocycles. The van der Waals surface area contributed by atoms with Gasteiger partial charge in [0.15, 0.2) is 4.80 Å². The molecule has 7 nitrogen and oxygen atoms in total. The zero-order valence-corrected chi connectivity index (χ0v) is 23.8. The third kappa shape index (κ3) is 5.73. The summed E-state index contributed by atoms with van der Waals surface area (Å²) in [5.74, 6) is 0.894. The van der Waals surface area contributed by atoms with Crippen molar-refractivity contribution in [2.45, 2.75) is 26.5 Å². The molecule has 0 saturated carbocycles. The summed E-state index contributed by atoms with van der Waals surface area (Å²) in [6, 6.07) is 21.6. The van der Waals surface area contributed by atoms with Crippen molar-refractivity contribution in [3.8, 4) is 11.5 Å². The number of nitrogens with zero attached hydrogens (tertiary/aromatic N) is 2. The van der Waals surface area contributed by atoms with E-state index in [0.29, 0.717) is 43.7 Å². The van der Waals surface area contributed by atoms with Crippen LogP contribution in [0.3, 0.4) is 0 Å². The van der Waals surface area contributed by atoms with E-state index in [-0.39, 0.29) is 12.2 Å². The first kappa shape index (κ1) is 27.4. The van der Waals surface area contributed by atoms with Crippen LogP contribution in [0.4, 0.5) is 0 Å². The van der Waals surface area contributed by atoms with Gasteiger partial charge in [-0.1, -0.05) is 59.3 Å². The predicted molar refractivity (Wildman–Crippen MR) is 156 cm³/mol. The Hall–Kier alpha value is -4.14. The highest BCUT2D eigenvalue weighted by molar-refractivity contribution is 7.07. The van der Waals surface area contributed by atoms with Gasteiger partial charge in [0.1, 0.15) is 18.1 Å². The molecule has 0 bridgehead atoms. The lowest BCUT2D eigenvalue weighted by Crippen LogP contribution is -2.39. The number of methoxy groups -OCH3 is 1. The number of rotatable bonds is 8. The van der Waals surface area contributed by atoms with E-state index in [9.17, 15) is 9.59 Å². The number of aromatic nitrogens is 1. The average Bonchev–Trinajstić information content (AvgIpc) is 3.26. The summed E-state index contributed by atoms with van der Waals surface area (Å²) >= 11 is 7.23. The lowest BCUT2D eigenvalue weighted by atomic mass is 9.96. The van der Waals surface area contributed by atoms with Gasteiger partial charge in [0, 0.05) is 5.02 Å². The number of halogens is 1. The van der Waals surface area contributed by atoms with Crippen LogP contribution in [0, 0.1) is 0 Å². The molecule has 2 heterocycles. The second-order valence-electron chi connectivity index (χ2n) is 9.06. The van der Waals surface area contributed by atoms with Crippen LogP contribution in [0.15, 0.2) is 93.9 Å². The second kappa shape index (κ2) is 11.9. The molecule has 1 aliphatic heterocycles. The van der Waals surface area contributed by atoms with E-state index in [1.165, 1.54) is 11.3 Å². The third-order valence-electron chi connectivity index (χ3n) is 6.45. The van der Waals surface area contributed by atoms with Crippen molar-refractivity contribution in [3.05, 3.63) is 125 Å². The largest absolute Gasteiger partial charge is 0.497 e. The van der Waals surface area contributed by atoms with Crippen molar-refractivity contribution in [1.82, 2.24) is 4.57 Å². The van der Waals surface area contributed by atoms with Crippen molar-refractivity contribution in [1.29, 1.82) is 0 Å². The Bertz CT molecular complexity index is 1740. The van der Waals surface area contributed by atoms with Crippen LogP contribution in [-0.4, -0.2) is 24.3 Å². The normalized spacial score (nSPS) is 14.9. The Morgan fingerprint density at radius 3 is 2.35 bits per heavy atom. The van der Waals surface area contributed by atoms with Gasteiger partial charge in [-0.05, 0) is 73.0 Å². The quantitative estimate of drug-likeness (QED) is 0.276. The third-order valence-corrected chi connectivity index (χ3v) is 7.68. The van der Waals surface area contributed by atoms with Gasteiger partial charge in [-0.3, -0.25) is 9.36 Å². The minimum atomic E-state index is -0.674. The number of carbonyl (C=O) groups is 1. The highest BCUT2D eigenvalue weighted by atomic mass is 35.5. The fraction of sp³-hybridized carbons (Fsp3) is 0.194. The molecule has 0 N–H and O–H groups in total. The standard InChI is InChI=1S/C31H27ClN2O5S/c1-4-38-30(36)27-19(2)33-31-34(28(27)22-9-15-24(37-3)16-10-22)29(35)26(40-31)17-20-7-13-25(14-8-20)39-18-21-5-11-23(32)12-6-21/h5-17,28H,4,18H2,1-3H3/b26-17+. The molecule has 1 atom stereocenters. The smallest absolute Gasteiger partial charge is 0.338 e. The van der Waals surface area contributed by atoms with Gasteiger partial charge in [0.05, 0.1) is 35.6 Å². The zero-order valence-electron chi connectivity index (χ0n) is 22.2. The van der Waals surface area contributed by atoms with E-state index in [1.54, 1.807) is 37.7 Å². The van der Waals surface area contributed by atoms with Gasteiger partial charge in [-0.2, -0.15) is 0 Å². The predicted octanol–water partition coefficient (Wildman–Crippen LogP) is 5.04. The van der Waals surface area contributed by atoms with E-state index >= 15 is 0 Å². The topological polar surface area (TPSA) is 79.1 Å². The average molecular weight is 575 g/mol. The summed E-state index contributed by atoms with van der Waals surface area (Å²) in [6.07, 6.45) is 1.82. The number of esters is 1. The summed E-state index contributed by atoms with van der Waals surface area (Å²) in [6.45, 7) is 4.15. The van der Waals surface area contributed by atoms with Gasteiger partial charge in [-0.25, -0.2) is 9.79 Å². The first-order chi connectivity index (χ1) is 19.4. The number of thiazole rings is 1. The monoisotopic (exact) mass is 574 g/mol. The molecular weight excluding hydrogens is 548 g/mol. The summed E-state index contributed by atoms with van der Waals surface area (Å²) in [5.41, 5.74) is 3.24. The van der Waals surface area contributed by atoms with Gasteiger partial charge in [0.25, 0.3) is 5.56 Å². The highest BCUT2D eigenvalue weighted by Crippen LogP contribution is 2.31. The molecule has 1 unspecified atom stereocenters. The van der Waals surface area contributed by atoms with Crippen LogP contribution in [0.5, 0.6) is 11.5 Å². The fourth-order valence-electron chi connectivity index (χ4n) is 4.45. The Morgan fingerprint density at radius 1 is 1.02 bits per heavy atom. The van der Waals surface area contributed by atoms with E-state index in [4.69, 9.17) is 25.8 Å². The van der Waals surface area contributed by atoms with Crippen LogP contribution in [-0.2, 0) is 16.1 Å². The molecule has 0 amide bonds.